The average molecular weight is 329 g/mol. The molecule has 0 unspecified atom stereocenters. The Morgan fingerprint density at radius 1 is 1.38 bits per heavy atom. The van der Waals surface area contributed by atoms with E-state index in [0.717, 1.165) is 50.3 Å². The topological polar surface area (TPSA) is 30.3 Å². The van der Waals surface area contributed by atoms with Crippen LogP contribution in [0.3, 0.4) is 0 Å². The van der Waals surface area contributed by atoms with Crippen LogP contribution in [0.5, 0.6) is 0 Å². The number of benzene rings is 1. The van der Waals surface area contributed by atoms with Crippen LogP contribution >= 0.6 is 0 Å². The number of likely N-dealkylation sites (tertiary alicyclic amines) is 1. The van der Waals surface area contributed by atoms with Crippen molar-refractivity contribution in [3.8, 4) is 0 Å². The third-order valence-corrected chi connectivity index (χ3v) is 5.27. The van der Waals surface area contributed by atoms with E-state index in [1.807, 2.05) is 17.8 Å². The van der Waals surface area contributed by atoms with Crippen LogP contribution in [0.15, 0.2) is 30.5 Å². The quantitative estimate of drug-likeness (QED) is 0.864. The summed E-state index contributed by atoms with van der Waals surface area (Å²) in [5.41, 5.74) is 3.75. The van der Waals surface area contributed by atoms with E-state index in [9.17, 15) is 4.39 Å². The van der Waals surface area contributed by atoms with E-state index in [-0.39, 0.29) is 11.9 Å². The zero-order chi connectivity index (χ0) is 16.7. The number of aromatic nitrogens is 2. The normalized spacial score (nSPS) is 22.9. The number of hydrogen-bond donors (Lipinski definition) is 0. The molecule has 0 amide bonds. The fourth-order valence-corrected chi connectivity index (χ4v) is 4.23. The Hall–Kier alpha value is -1.72. The van der Waals surface area contributed by atoms with Gasteiger partial charge in [-0.15, -0.1) is 0 Å². The molecule has 3 heterocycles. The number of halogens is 1. The summed E-state index contributed by atoms with van der Waals surface area (Å²) >= 11 is 0. The molecule has 0 bridgehead atoms. The number of aryl methyl sites for hydroxylation is 2. The first-order valence-electron chi connectivity index (χ1n) is 8.59. The third kappa shape index (κ3) is 3.10. The molecule has 5 heteroatoms. The fourth-order valence-electron chi connectivity index (χ4n) is 4.23. The lowest BCUT2D eigenvalue weighted by Gasteiger charge is -2.47. The van der Waals surface area contributed by atoms with Gasteiger partial charge in [-0.1, -0.05) is 12.1 Å². The number of nitrogens with zero attached hydrogens (tertiary/aromatic N) is 3. The highest BCUT2D eigenvalue weighted by Crippen LogP contribution is 2.42. The van der Waals surface area contributed by atoms with Crippen LogP contribution in [0.1, 0.15) is 23.2 Å². The highest BCUT2D eigenvalue weighted by Gasteiger charge is 2.48. The molecular weight excluding hydrogens is 305 g/mol. The van der Waals surface area contributed by atoms with Crippen molar-refractivity contribution in [2.24, 2.45) is 12.5 Å². The zero-order valence-electron chi connectivity index (χ0n) is 14.3. The molecule has 4 rings (SSSR count). The maximum atomic E-state index is 13.3. The molecule has 1 spiro atoms. The van der Waals surface area contributed by atoms with E-state index in [1.54, 1.807) is 12.1 Å². The first kappa shape index (κ1) is 15.8. The molecule has 4 nitrogen and oxygen atoms in total. The van der Waals surface area contributed by atoms with E-state index in [1.165, 1.54) is 11.6 Å². The Morgan fingerprint density at radius 3 is 2.92 bits per heavy atom. The molecule has 0 radical (unpaired) electrons. The largest absolute Gasteiger partial charge is 0.377 e. The van der Waals surface area contributed by atoms with E-state index in [4.69, 9.17) is 4.74 Å². The monoisotopic (exact) mass is 329 g/mol. The van der Waals surface area contributed by atoms with Gasteiger partial charge in [-0.2, -0.15) is 5.10 Å². The molecule has 0 N–H and O–H groups in total. The van der Waals surface area contributed by atoms with Gasteiger partial charge in [-0.25, -0.2) is 4.39 Å². The van der Waals surface area contributed by atoms with E-state index < -0.39 is 0 Å². The molecule has 0 aliphatic carbocycles. The van der Waals surface area contributed by atoms with Gasteiger partial charge >= 0.3 is 0 Å². The minimum atomic E-state index is -0.165. The molecule has 24 heavy (non-hydrogen) atoms. The van der Waals surface area contributed by atoms with Crippen molar-refractivity contribution < 1.29 is 9.13 Å². The Labute approximate surface area is 142 Å². The Morgan fingerprint density at radius 2 is 2.21 bits per heavy atom. The lowest BCUT2D eigenvalue weighted by Crippen LogP contribution is -2.56. The zero-order valence-corrected chi connectivity index (χ0v) is 14.3. The van der Waals surface area contributed by atoms with Crippen molar-refractivity contribution in [3.05, 3.63) is 53.1 Å². The molecule has 1 aromatic heterocycles. The molecule has 1 atom stereocenters. The van der Waals surface area contributed by atoms with Gasteiger partial charge in [-0.05, 0) is 37.5 Å². The molecule has 2 fully saturated rings. The predicted octanol–water partition coefficient (Wildman–Crippen LogP) is 2.70. The van der Waals surface area contributed by atoms with Crippen LogP contribution in [0.4, 0.5) is 4.39 Å². The van der Waals surface area contributed by atoms with Crippen molar-refractivity contribution in [2.45, 2.75) is 32.4 Å². The molecule has 2 aromatic rings. The third-order valence-electron chi connectivity index (χ3n) is 5.27. The highest BCUT2D eigenvalue weighted by molar-refractivity contribution is 5.19. The Bertz CT molecular complexity index is 736. The van der Waals surface area contributed by atoms with Crippen LogP contribution in [-0.2, 0) is 24.8 Å². The van der Waals surface area contributed by atoms with Gasteiger partial charge in [0.25, 0.3) is 0 Å². The molecule has 2 aliphatic heterocycles. The lowest BCUT2D eigenvalue weighted by molar-refractivity contribution is -0.0141. The molecule has 128 valence electrons. The van der Waals surface area contributed by atoms with Crippen LogP contribution in [0, 0.1) is 18.2 Å². The summed E-state index contributed by atoms with van der Waals surface area (Å²) in [5, 5.41) is 4.41. The van der Waals surface area contributed by atoms with Gasteiger partial charge in [0.1, 0.15) is 5.82 Å². The maximum Gasteiger partial charge on any atom is 0.123 e. The maximum absolute atomic E-state index is 13.3. The van der Waals surface area contributed by atoms with Crippen molar-refractivity contribution in [2.75, 3.05) is 19.7 Å². The summed E-state index contributed by atoms with van der Waals surface area (Å²) in [6, 6.07) is 6.86. The van der Waals surface area contributed by atoms with Gasteiger partial charge in [-0.3, -0.25) is 9.58 Å². The lowest BCUT2D eigenvalue weighted by atomic mass is 9.77. The first-order chi connectivity index (χ1) is 11.5. The predicted molar refractivity (Wildman–Crippen MR) is 90.1 cm³/mol. The van der Waals surface area contributed by atoms with Gasteiger partial charge < -0.3 is 4.74 Å². The minimum Gasteiger partial charge on any atom is -0.377 e. The summed E-state index contributed by atoms with van der Waals surface area (Å²) in [5.74, 6) is -0.165. The van der Waals surface area contributed by atoms with Crippen LogP contribution in [-0.4, -0.2) is 40.5 Å². The second kappa shape index (κ2) is 5.97. The smallest absolute Gasteiger partial charge is 0.123 e. The van der Waals surface area contributed by atoms with Crippen molar-refractivity contribution >= 4 is 0 Å². The summed E-state index contributed by atoms with van der Waals surface area (Å²) in [6.07, 6.45) is 4.21. The van der Waals surface area contributed by atoms with E-state index >= 15 is 0 Å². The van der Waals surface area contributed by atoms with Crippen molar-refractivity contribution in [1.82, 2.24) is 14.7 Å². The molecule has 1 aromatic carbocycles. The highest BCUT2D eigenvalue weighted by atomic mass is 19.1. The number of ether oxygens (including phenoxy) is 1. The molecule has 2 aliphatic rings. The van der Waals surface area contributed by atoms with Gasteiger partial charge in [0, 0.05) is 43.9 Å². The summed E-state index contributed by atoms with van der Waals surface area (Å²) < 4.78 is 21.2. The Kier molecular flexibility index (Phi) is 3.93. The summed E-state index contributed by atoms with van der Waals surface area (Å²) in [6.45, 7) is 6.03. The van der Waals surface area contributed by atoms with Crippen LogP contribution < -0.4 is 0 Å². The Balaban J connectivity index is 1.31. The average Bonchev–Trinajstić information content (AvgIpc) is 3.03. The fraction of sp³-hybridized carbons (Fsp3) is 0.526. The van der Waals surface area contributed by atoms with Crippen molar-refractivity contribution in [3.63, 3.8) is 0 Å². The van der Waals surface area contributed by atoms with Gasteiger partial charge in [0.15, 0.2) is 0 Å². The molecular formula is C19H24FN3O. The van der Waals surface area contributed by atoms with Crippen molar-refractivity contribution in [1.29, 1.82) is 0 Å². The second-order valence-electron chi connectivity index (χ2n) is 7.53. The number of hydrogen-bond acceptors (Lipinski definition) is 3. The SMILES string of the molecule is Cc1nn(C)cc1CN1CC2(CO[C@@H](Cc3cccc(F)c3)C2)C1. The number of rotatable bonds is 4. The molecule has 2 saturated heterocycles. The second-order valence-corrected chi connectivity index (χ2v) is 7.53. The minimum absolute atomic E-state index is 0.165. The van der Waals surface area contributed by atoms with Gasteiger partial charge in [0.05, 0.1) is 18.4 Å². The first-order valence-corrected chi connectivity index (χ1v) is 8.59. The molecule has 0 saturated carbocycles. The van der Waals surface area contributed by atoms with E-state index in [2.05, 4.69) is 23.1 Å². The summed E-state index contributed by atoms with van der Waals surface area (Å²) in [4.78, 5) is 2.47. The standard InChI is InChI=1S/C19H24FN3O/c1-14-16(9-22(2)21-14)10-23-11-19(12-23)8-18(24-13-19)7-15-4-3-5-17(20)6-15/h3-6,9,18H,7-8,10-13H2,1-2H3/t18-/m0/s1. The van der Waals surface area contributed by atoms with Crippen LogP contribution in [0.25, 0.3) is 0 Å². The van der Waals surface area contributed by atoms with Gasteiger partial charge in [0.2, 0.25) is 0 Å². The summed E-state index contributed by atoms with van der Waals surface area (Å²) in [7, 11) is 1.97. The van der Waals surface area contributed by atoms with Crippen LogP contribution in [0.2, 0.25) is 0 Å². The van der Waals surface area contributed by atoms with E-state index in [0.29, 0.717) is 5.41 Å².